The smallest absolute Gasteiger partial charge is 0.403 e. The number of aryl methyl sites for hydroxylation is 1. The fraction of sp³-hybridized carbons (Fsp3) is 0.389. The van der Waals surface area contributed by atoms with Crippen LogP contribution in [0.5, 0.6) is 5.75 Å². The standard InChI is InChI=1S/C18H18FN2O9PS/c1-9-3-2-4-10-7-27-31(26,30-13(9)10)28-8-18(19)14(24)12(23)16(29-18)21-5-11(6-22)15(25)20-17(21)32/h2-6,12,14,16,23-24H,7-8H2,1H3,(H,20,25,32)/t12-,14+,16-,18-,31?/m1/s1/i16D. The van der Waals surface area contributed by atoms with E-state index in [1.807, 2.05) is 0 Å². The minimum atomic E-state index is -4.35. The molecule has 1 unspecified atom stereocenters. The summed E-state index contributed by atoms with van der Waals surface area (Å²) in [6.07, 6.45) is -6.53. The first-order chi connectivity index (χ1) is 15.4. The Balaban J connectivity index is 1.59. The molecule has 2 aromatic rings. The molecule has 11 nitrogen and oxygen atoms in total. The number of nitrogens with one attached hydrogen (secondary N) is 1. The Hall–Kier alpha value is -2.25. The molecule has 2 aliphatic rings. The molecule has 0 radical (unpaired) electrons. The van der Waals surface area contributed by atoms with Crippen molar-refractivity contribution in [2.75, 3.05) is 6.61 Å². The molecule has 3 heterocycles. The van der Waals surface area contributed by atoms with E-state index < -0.39 is 54.6 Å². The first-order valence-electron chi connectivity index (χ1n) is 9.66. The quantitative estimate of drug-likeness (QED) is 0.322. The average Bonchev–Trinajstić information content (AvgIpc) is 2.94. The topological polar surface area (TPSA) is 149 Å². The minimum absolute atomic E-state index is 0.150. The molecule has 2 aliphatic heterocycles. The fourth-order valence-corrected chi connectivity index (χ4v) is 4.71. The van der Waals surface area contributed by atoms with Gasteiger partial charge in [0.15, 0.2) is 17.3 Å². The van der Waals surface area contributed by atoms with Crippen LogP contribution in [0.1, 0.15) is 29.1 Å². The number of aromatic nitrogens is 2. The maximum absolute atomic E-state index is 15.5. The Morgan fingerprint density at radius 3 is 3.00 bits per heavy atom. The van der Waals surface area contributed by atoms with Crippen LogP contribution in [0.2, 0.25) is 0 Å². The van der Waals surface area contributed by atoms with Gasteiger partial charge in [0.25, 0.3) is 11.4 Å². The number of fused-ring (bicyclic) bond motifs is 1. The summed E-state index contributed by atoms with van der Waals surface area (Å²) in [6, 6.07) is 5.12. The van der Waals surface area contributed by atoms with Gasteiger partial charge >= 0.3 is 7.82 Å². The maximum atomic E-state index is 15.5. The fourth-order valence-electron chi connectivity index (χ4n) is 3.18. The Bertz CT molecular complexity index is 1290. The summed E-state index contributed by atoms with van der Waals surface area (Å²) in [6.45, 7) is 0.283. The number of hydrogen-bond acceptors (Lipinski definition) is 10. The molecule has 1 aromatic carbocycles. The number of ether oxygens (including phenoxy) is 1. The zero-order valence-electron chi connectivity index (χ0n) is 17.4. The van der Waals surface area contributed by atoms with Gasteiger partial charge in [0.2, 0.25) is 0 Å². The molecular formula is C18H18FN2O9PS. The third-order valence-electron chi connectivity index (χ3n) is 4.90. The number of nitrogens with zero attached hydrogens (tertiary/aromatic N) is 1. The van der Waals surface area contributed by atoms with Crippen molar-refractivity contribution < 1.29 is 43.6 Å². The third-order valence-corrected chi connectivity index (χ3v) is 6.49. The SMILES string of the molecule is [2H][C@@]1(n2cc(C=O)c(=O)[nH]c2=S)O[C@](F)(COP2(=O)OCc3cccc(C)c3O2)[C@@H](O)[C@H]1O. The van der Waals surface area contributed by atoms with Gasteiger partial charge in [-0.15, -0.1) is 0 Å². The number of phosphoric ester groups is 1. The van der Waals surface area contributed by atoms with Crippen molar-refractivity contribution in [1.82, 2.24) is 9.55 Å². The van der Waals surface area contributed by atoms with E-state index in [0.717, 1.165) is 6.20 Å². The van der Waals surface area contributed by atoms with Crippen LogP contribution < -0.4 is 10.1 Å². The lowest BCUT2D eigenvalue weighted by atomic mass is 10.1. The minimum Gasteiger partial charge on any atom is -0.403 e. The van der Waals surface area contributed by atoms with Gasteiger partial charge in [0.05, 0.1) is 13.5 Å². The highest BCUT2D eigenvalue weighted by atomic mass is 32.1. The van der Waals surface area contributed by atoms with Crippen LogP contribution in [0.15, 0.2) is 29.2 Å². The number of aliphatic hydroxyl groups excluding tert-OH is 2. The number of carbonyl (C=O) groups is 1. The third kappa shape index (κ3) is 3.97. The molecule has 32 heavy (non-hydrogen) atoms. The molecule has 1 fully saturated rings. The number of alkyl halides is 1. The first kappa shape index (κ1) is 21.6. The van der Waals surface area contributed by atoms with Gasteiger partial charge in [-0.1, -0.05) is 18.2 Å². The molecule has 0 aliphatic carbocycles. The van der Waals surface area contributed by atoms with Crippen LogP contribution in [-0.2, 0) is 25.0 Å². The van der Waals surface area contributed by atoms with Gasteiger partial charge < -0.3 is 19.5 Å². The van der Waals surface area contributed by atoms with Crippen molar-refractivity contribution in [2.45, 2.75) is 37.8 Å². The van der Waals surface area contributed by atoms with E-state index in [4.69, 9.17) is 31.9 Å². The molecule has 0 bridgehead atoms. The lowest BCUT2D eigenvalue weighted by Gasteiger charge is -2.29. The highest BCUT2D eigenvalue weighted by molar-refractivity contribution is 7.71. The molecule has 172 valence electrons. The first-order valence-corrected chi connectivity index (χ1v) is 11.0. The second-order valence-corrected chi connectivity index (χ2v) is 9.08. The van der Waals surface area contributed by atoms with Crippen LogP contribution in [0, 0.1) is 11.7 Å². The molecule has 4 rings (SSSR count). The van der Waals surface area contributed by atoms with Crippen molar-refractivity contribution in [3.8, 4) is 5.75 Å². The number of aliphatic hydroxyl groups is 2. The maximum Gasteiger partial charge on any atom is 0.530 e. The number of aldehydes is 1. The number of aromatic amines is 1. The van der Waals surface area contributed by atoms with Crippen molar-refractivity contribution in [3.63, 3.8) is 0 Å². The molecular weight excluding hydrogens is 470 g/mol. The summed E-state index contributed by atoms with van der Waals surface area (Å²) in [5.74, 6) is -3.03. The van der Waals surface area contributed by atoms with Gasteiger partial charge in [0.1, 0.15) is 24.6 Å². The largest absolute Gasteiger partial charge is 0.530 e. The van der Waals surface area contributed by atoms with Crippen LogP contribution in [-0.4, -0.2) is 50.7 Å². The number of H-pyrrole nitrogens is 1. The lowest BCUT2D eigenvalue weighted by molar-refractivity contribution is -0.205. The molecule has 3 N–H and O–H groups in total. The summed E-state index contributed by atoms with van der Waals surface area (Å²) in [4.78, 5) is 24.9. The highest BCUT2D eigenvalue weighted by Crippen LogP contribution is 2.56. The number of rotatable bonds is 5. The monoisotopic (exact) mass is 489 g/mol. The normalized spacial score (nSPS) is 34.4. The van der Waals surface area contributed by atoms with Crippen LogP contribution in [0.25, 0.3) is 0 Å². The second kappa shape index (κ2) is 8.27. The highest BCUT2D eigenvalue weighted by Gasteiger charge is 2.57. The summed E-state index contributed by atoms with van der Waals surface area (Å²) in [5, 5.41) is 20.7. The molecule has 0 spiro atoms. The number of para-hydroxylation sites is 1. The lowest BCUT2D eigenvalue weighted by Crippen LogP contribution is -2.43. The summed E-state index contributed by atoms with van der Waals surface area (Å²) >= 11 is 4.92. The number of benzene rings is 1. The summed E-state index contributed by atoms with van der Waals surface area (Å²) < 4.78 is 57.3. The number of halogens is 1. The van der Waals surface area contributed by atoms with Crippen molar-refractivity contribution in [1.29, 1.82) is 0 Å². The van der Waals surface area contributed by atoms with E-state index in [9.17, 15) is 24.4 Å². The van der Waals surface area contributed by atoms with Gasteiger partial charge in [-0.2, -0.15) is 0 Å². The van der Waals surface area contributed by atoms with Gasteiger partial charge in [0, 0.05) is 11.8 Å². The van der Waals surface area contributed by atoms with E-state index in [2.05, 4.69) is 4.98 Å². The Morgan fingerprint density at radius 2 is 2.28 bits per heavy atom. The molecule has 0 saturated carbocycles. The van der Waals surface area contributed by atoms with E-state index in [0.29, 0.717) is 15.7 Å². The molecule has 1 saturated heterocycles. The van der Waals surface area contributed by atoms with Crippen molar-refractivity contribution >= 4 is 26.3 Å². The number of phosphoric acid groups is 1. The molecule has 5 atom stereocenters. The number of hydrogen-bond donors (Lipinski definition) is 3. The predicted molar refractivity (Wildman–Crippen MR) is 107 cm³/mol. The van der Waals surface area contributed by atoms with Crippen LogP contribution in [0.3, 0.4) is 0 Å². The summed E-state index contributed by atoms with van der Waals surface area (Å²) in [7, 11) is -4.35. The van der Waals surface area contributed by atoms with Gasteiger partial charge in [-0.05, 0) is 24.7 Å². The number of carbonyl (C=O) groups excluding carboxylic acids is 1. The Labute approximate surface area is 186 Å². The van der Waals surface area contributed by atoms with Gasteiger partial charge in [-0.25, -0.2) is 8.96 Å². The molecule has 1 aromatic heterocycles. The second-order valence-electron chi connectivity index (χ2n) is 7.10. The zero-order chi connectivity index (χ0) is 24.2. The molecule has 14 heteroatoms. The van der Waals surface area contributed by atoms with E-state index in [1.54, 1.807) is 25.1 Å². The van der Waals surface area contributed by atoms with E-state index in [1.165, 1.54) is 0 Å². The van der Waals surface area contributed by atoms with E-state index >= 15 is 4.39 Å². The van der Waals surface area contributed by atoms with Crippen LogP contribution in [0.4, 0.5) is 4.39 Å². The average molecular weight is 489 g/mol. The van der Waals surface area contributed by atoms with Crippen LogP contribution >= 0.6 is 20.0 Å². The molecule has 0 amide bonds. The van der Waals surface area contributed by atoms with Crippen molar-refractivity contribution in [2.24, 2.45) is 0 Å². The van der Waals surface area contributed by atoms with Gasteiger partial charge in [-0.3, -0.25) is 28.2 Å². The Morgan fingerprint density at radius 1 is 1.53 bits per heavy atom. The van der Waals surface area contributed by atoms with E-state index in [-0.39, 0.29) is 18.6 Å². The zero-order valence-corrected chi connectivity index (χ0v) is 18.1. The summed E-state index contributed by atoms with van der Waals surface area (Å²) in [5.41, 5.74) is -0.143. The Kier molecular flexibility index (Phi) is 5.58. The van der Waals surface area contributed by atoms with Crippen molar-refractivity contribution in [3.05, 3.63) is 56.2 Å². The predicted octanol–water partition coefficient (Wildman–Crippen LogP) is 1.68.